The van der Waals surface area contributed by atoms with E-state index in [9.17, 15) is 8.42 Å². The van der Waals surface area contributed by atoms with Crippen molar-refractivity contribution in [3.8, 4) is 0 Å². The van der Waals surface area contributed by atoms with Gasteiger partial charge in [-0.3, -0.25) is 4.72 Å². The zero-order valence-electron chi connectivity index (χ0n) is 11.5. The predicted molar refractivity (Wildman–Crippen MR) is 78.8 cm³/mol. The molecule has 4 nitrogen and oxygen atoms in total. The average Bonchev–Trinajstić information content (AvgIpc) is 3.20. The third kappa shape index (κ3) is 4.21. The monoisotopic (exact) mass is 282 g/mol. The van der Waals surface area contributed by atoms with Crippen LogP contribution in [0.4, 0.5) is 5.69 Å². The van der Waals surface area contributed by atoms with Crippen molar-refractivity contribution in [3.63, 3.8) is 0 Å². The quantitative estimate of drug-likeness (QED) is 0.805. The van der Waals surface area contributed by atoms with E-state index in [4.69, 9.17) is 0 Å². The Bertz CT molecular complexity index is 507. The minimum Gasteiger partial charge on any atom is -0.313 e. The van der Waals surface area contributed by atoms with Crippen LogP contribution in [0.1, 0.15) is 32.3 Å². The lowest BCUT2D eigenvalue weighted by atomic mass is 10.2. The molecule has 0 radical (unpaired) electrons. The van der Waals surface area contributed by atoms with Gasteiger partial charge in [-0.2, -0.15) is 0 Å². The first kappa shape index (κ1) is 14.3. The maximum absolute atomic E-state index is 12.1. The van der Waals surface area contributed by atoms with Crippen molar-refractivity contribution < 1.29 is 8.42 Å². The molecule has 2 N–H and O–H groups in total. The largest absolute Gasteiger partial charge is 0.313 e. The summed E-state index contributed by atoms with van der Waals surface area (Å²) in [7, 11) is -3.31. The lowest BCUT2D eigenvalue weighted by molar-refractivity contribution is 0.576. The number of hydrogen-bond donors (Lipinski definition) is 2. The Hall–Kier alpha value is -1.07. The lowest BCUT2D eigenvalue weighted by Crippen LogP contribution is -2.35. The number of nitrogens with one attached hydrogen (secondary N) is 2. The van der Waals surface area contributed by atoms with E-state index < -0.39 is 15.3 Å². The number of rotatable bonds is 7. The van der Waals surface area contributed by atoms with Crippen molar-refractivity contribution >= 4 is 15.7 Å². The van der Waals surface area contributed by atoms with Crippen molar-refractivity contribution in [1.29, 1.82) is 0 Å². The molecule has 1 aromatic carbocycles. The van der Waals surface area contributed by atoms with E-state index in [1.807, 2.05) is 24.3 Å². The Kier molecular flexibility index (Phi) is 4.47. The summed E-state index contributed by atoms with van der Waals surface area (Å²) in [5, 5.41) is 2.82. The van der Waals surface area contributed by atoms with Gasteiger partial charge in [0.1, 0.15) is 0 Å². The fraction of sp³-hybridized carbons (Fsp3) is 0.571. The molecule has 0 saturated heterocycles. The summed E-state index contributed by atoms with van der Waals surface area (Å²) in [4.78, 5) is 0. The molecule has 106 valence electrons. The normalized spacial score (nSPS) is 17.2. The van der Waals surface area contributed by atoms with Gasteiger partial charge in [0.2, 0.25) is 10.0 Å². The summed E-state index contributed by atoms with van der Waals surface area (Å²) in [6.45, 7) is 4.32. The molecule has 1 saturated carbocycles. The van der Waals surface area contributed by atoms with Crippen molar-refractivity contribution in [2.75, 3.05) is 11.3 Å². The number of aryl methyl sites for hydroxylation is 1. The minimum absolute atomic E-state index is 0.432. The first-order valence-corrected chi connectivity index (χ1v) is 8.40. The smallest absolute Gasteiger partial charge is 0.236 e. The molecule has 0 amide bonds. The van der Waals surface area contributed by atoms with Gasteiger partial charge in [0.15, 0.2) is 0 Å². The Labute approximate surface area is 115 Å². The van der Waals surface area contributed by atoms with Crippen LogP contribution in [0.15, 0.2) is 24.3 Å². The Morgan fingerprint density at radius 3 is 2.42 bits per heavy atom. The van der Waals surface area contributed by atoms with E-state index in [1.165, 1.54) is 18.4 Å². The molecular formula is C14H22N2O2S. The average molecular weight is 282 g/mol. The molecule has 1 aliphatic rings. The predicted octanol–water partition coefficient (Wildman–Crippen LogP) is 2.13. The van der Waals surface area contributed by atoms with Crippen LogP contribution >= 0.6 is 0 Å². The molecule has 0 aromatic heterocycles. The second-order valence-electron chi connectivity index (χ2n) is 5.19. The molecule has 5 heteroatoms. The second kappa shape index (κ2) is 5.92. The first-order valence-electron chi connectivity index (χ1n) is 6.85. The van der Waals surface area contributed by atoms with Crippen molar-refractivity contribution in [1.82, 2.24) is 5.32 Å². The summed E-state index contributed by atoms with van der Waals surface area (Å²) in [6.07, 6.45) is 3.28. The van der Waals surface area contributed by atoms with Gasteiger partial charge >= 0.3 is 0 Å². The van der Waals surface area contributed by atoms with Gasteiger partial charge < -0.3 is 5.32 Å². The highest BCUT2D eigenvalue weighted by atomic mass is 32.2. The van der Waals surface area contributed by atoms with Gasteiger partial charge in [0.25, 0.3) is 0 Å². The van der Waals surface area contributed by atoms with Crippen LogP contribution in [0.3, 0.4) is 0 Å². The van der Waals surface area contributed by atoms with Crippen LogP contribution in [0.25, 0.3) is 0 Å². The fourth-order valence-corrected chi connectivity index (χ4v) is 2.78. The molecule has 0 heterocycles. The summed E-state index contributed by atoms with van der Waals surface area (Å²) >= 11 is 0. The van der Waals surface area contributed by atoms with Gasteiger partial charge in [0.05, 0.1) is 5.25 Å². The van der Waals surface area contributed by atoms with E-state index in [2.05, 4.69) is 17.0 Å². The van der Waals surface area contributed by atoms with Gasteiger partial charge in [-0.05, 0) is 43.9 Å². The zero-order chi connectivity index (χ0) is 13.9. The van der Waals surface area contributed by atoms with Crippen LogP contribution in [0.2, 0.25) is 0 Å². The topological polar surface area (TPSA) is 58.2 Å². The molecule has 0 aliphatic heterocycles. The summed E-state index contributed by atoms with van der Waals surface area (Å²) in [5.41, 5.74) is 1.84. The number of anilines is 1. The van der Waals surface area contributed by atoms with E-state index in [1.54, 1.807) is 6.92 Å². The Morgan fingerprint density at radius 1 is 1.26 bits per heavy atom. The maximum Gasteiger partial charge on any atom is 0.236 e. The molecule has 1 unspecified atom stereocenters. The molecule has 1 atom stereocenters. The molecule has 1 aromatic rings. The Morgan fingerprint density at radius 2 is 1.89 bits per heavy atom. The molecule has 0 bridgehead atoms. The van der Waals surface area contributed by atoms with Crippen LogP contribution in [0.5, 0.6) is 0 Å². The molecule has 2 rings (SSSR count). The van der Waals surface area contributed by atoms with E-state index in [0.717, 1.165) is 6.42 Å². The highest BCUT2D eigenvalue weighted by Crippen LogP contribution is 2.19. The fourth-order valence-electron chi connectivity index (χ4n) is 1.80. The van der Waals surface area contributed by atoms with Gasteiger partial charge in [-0.1, -0.05) is 19.1 Å². The molecule has 1 fully saturated rings. The summed E-state index contributed by atoms with van der Waals surface area (Å²) in [6, 6.07) is 8.06. The first-order chi connectivity index (χ1) is 9.01. The highest BCUT2D eigenvalue weighted by Gasteiger charge is 2.25. The molecular weight excluding hydrogens is 260 g/mol. The van der Waals surface area contributed by atoms with Crippen LogP contribution in [-0.4, -0.2) is 26.3 Å². The minimum atomic E-state index is -3.31. The molecule has 19 heavy (non-hydrogen) atoms. The van der Waals surface area contributed by atoms with E-state index in [0.29, 0.717) is 18.3 Å². The van der Waals surface area contributed by atoms with E-state index in [-0.39, 0.29) is 0 Å². The van der Waals surface area contributed by atoms with E-state index >= 15 is 0 Å². The van der Waals surface area contributed by atoms with Gasteiger partial charge in [0, 0.05) is 18.3 Å². The lowest BCUT2D eigenvalue weighted by Gasteiger charge is -2.15. The summed E-state index contributed by atoms with van der Waals surface area (Å²) in [5.74, 6) is 0. The second-order valence-corrected chi connectivity index (χ2v) is 7.29. The standard InChI is InChI=1S/C14H22N2O2S/c1-3-12-4-6-14(7-5-12)16-19(17,18)11(2)10-15-13-8-9-13/h4-7,11,13,15-16H,3,8-10H2,1-2H3. The maximum atomic E-state index is 12.1. The molecule has 0 spiro atoms. The third-order valence-electron chi connectivity index (χ3n) is 3.42. The van der Waals surface area contributed by atoms with Crippen LogP contribution in [0, 0.1) is 0 Å². The Balaban J connectivity index is 1.93. The number of benzene rings is 1. The SMILES string of the molecule is CCc1ccc(NS(=O)(=O)C(C)CNC2CC2)cc1. The van der Waals surface area contributed by atoms with Crippen molar-refractivity contribution in [2.45, 2.75) is 44.4 Å². The van der Waals surface area contributed by atoms with Crippen LogP contribution < -0.4 is 10.0 Å². The van der Waals surface area contributed by atoms with Gasteiger partial charge in [-0.15, -0.1) is 0 Å². The summed E-state index contributed by atoms with van der Waals surface area (Å²) < 4.78 is 26.9. The number of sulfonamides is 1. The third-order valence-corrected chi connectivity index (χ3v) is 5.17. The molecule has 1 aliphatic carbocycles. The van der Waals surface area contributed by atoms with Crippen molar-refractivity contribution in [3.05, 3.63) is 29.8 Å². The highest BCUT2D eigenvalue weighted by molar-refractivity contribution is 7.93. The zero-order valence-corrected chi connectivity index (χ0v) is 12.3. The van der Waals surface area contributed by atoms with Crippen molar-refractivity contribution in [2.24, 2.45) is 0 Å². The number of hydrogen-bond acceptors (Lipinski definition) is 3. The van der Waals surface area contributed by atoms with Gasteiger partial charge in [-0.25, -0.2) is 8.42 Å². The van der Waals surface area contributed by atoms with Crippen LogP contribution in [-0.2, 0) is 16.4 Å².